The summed E-state index contributed by atoms with van der Waals surface area (Å²) < 4.78 is 93.1. The zero-order valence-electron chi connectivity index (χ0n) is 6.56. The van der Waals surface area contributed by atoms with Gasteiger partial charge >= 0.3 is 12.4 Å². The maximum absolute atomic E-state index is 11.8. The smallest absolute Gasteiger partial charge is 0.428 e. The molecule has 0 aliphatic rings. The fraction of sp³-hybridized carbons (Fsp3) is 1.00. The summed E-state index contributed by atoms with van der Waals surface area (Å²) in [6.45, 7) is -2.48. The van der Waals surface area contributed by atoms with Crippen LogP contribution in [0.25, 0.3) is 0 Å². The lowest BCUT2D eigenvalue weighted by molar-refractivity contribution is -0.373. The van der Waals surface area contributed by atoms with Gasteiger partial charge in [-0.1, -0.05) is 0 Å². The highest BCUT2D eigenvalue weighted by Crippen LogP contribution is 2.43. The van der Waals surface area contributed by atoms with Crippen LogP contribution in [0.4, 0.5) is 26.3 Å². The zero-order valence-corrected chi connectivity index (χ0v) is 7.37. The van der Waals surface area contributed by atoms with Crippen molar-refractivity contribution in [3.05, 3.63) is 0 Å². The van der Waals surface area contributed by atoms with E-state index >= 15 is 0 Å². The van der Waals surface area contributed by atoms with Crippen molar-refractivity contribution in [2.24, 2.45) is 0 Å². The Kier molecular flexibility index (Phi) is 4.12. The average molecular weight is 261 g/mol. The van der Waals surface area contributed by atoms with Crippen molar-refractivity contribution in [1.29, 1.82) is 0 Å². The number of hydrogen-bond acceptors (Lipinski definition) is 4. The van der Waals surface area contributed by atoms with E-state index in [1.165, 1.54) is 0 Å². The van der Waals surface area contributed by atoms with E-state index in [1.54, 1.807) is 0 Å². The van der Waals surface area contributed by atoms with Crippen molar-refractivity contribution < 1.29 is 44.4 Å². The molecule has 0 aromatic heterocycles. The molecule has 0 aliphatic carbocycles. The van der Waals surface area contributed by atoms with E-state index < -0.39 is 35.9 Å². The second-order valence-corrected chi connectivity index (χ2v) is 2.97. The molecule has 1 N–H and O–H groups in total. The van der Waals surface area contributed by atoms with Gasteiger partial charge in [0.25, 0.3) is 5.60 Å². The highest BCUT2D eigenvalue weighted by molar-refractivity contribution is 7.74. The molecule has 1 atom stereocenters. The fourth-order valence-electron chi connectivity index (χ4n) is 0.458. The second kappa shape index (κ2) is 4.23. The first-order valence-electron chi connectivity index (χ1n) is 3.00. The molecular formula is C4H3F6O4S-. The van der Waals surface area contributed by atoms with Crippen molar-refractivity contribution >= 4 is 11.4 Å². The second-order valence-electron chi connectivity index (χ2n) is 2.32. The Morgan fingerprint density at radius 1 is 1.13 bits per heavy atom. The zero-order chi connectivity index (χ0) is 12.5. The molecule has 0 aromatic rings. The Labute approximate surface area is 81.3 Å². The summed E-state index contributed by atoms with van der Waals surface area (Å²) in [4.78, 5) is 0. The van der Waals surface area contributed by atoms with Gasteiger partial charge in [0.05, 0.1) is 11.4 Å². The van der Waals surface area contributed by atoms with Crippen LogP contribution in [0.1, 0.15) is 0 Å². The van der Waals surface area contributed by atoms with Crippen molar-refractivity contribution in [2.45, 2.75) is 18.0 Å². The van der Waals surface area contributed by atoms with Crippen LogP contribution in [0.15, 0.2) is 0 Å². The molecule has 11 heteroatoms. The molecule has 92 valence electrons. The molecule has 0 heterocycles. The first-order valence-corrected chi connectivity index (χ1v) is 4.00. The lowest BCUT2D eigenvalue weighted by Crippen LogP contribution is -2.60. The molecule has 4 nitrogen and oxygen atoms in total. The molecule has 0 aliphatic heterocycles. The predicted molar refractivity (Wildman–Crippen MR) is 31.9 cm³/mol. The van der Waals surface area contributed by atoms with Gasteiger partial charge in [-0.25, -0.2) is 4.21 Å². The lowest BCUT2D eigenvalue weighted by Gasteiger charge is -2.31. The molecule has 0 fully saturated rings. The Morgan fingerprint density at radius 2 is 1.47 bits per heavy atom. The molecule has 15 heavy (non-hydrogen) atoms. The van der Waals surface area contributed by atoms with Gasteiger partial charge in [-0.15, -0.1) is 0 Å². The highest BCUT2D eigenvalue weighted by atomic mass is 32.2. The van der Waals surface area contributed by atoms with Gasteiger partial charge in [-0.05, 0) is 0 Å². The Morgan fingerprint density at radius 3 is 1.67 bits per heavy atom. The van der Waals surface area contributed by atoms with E-state index in [0.29, 0.717) is 0 Å². The monoisotopic (exact) mass is 261 g/mol. The van der Waals surface area contributed by atoms with E-state index in [2.05, 4.69) is 4.18 Å². The van der Waals surface area contributed by atoms with Crippen LogP contribution in [0.5, 0.6) is 0 Å². The molecule has 0 spiro atoms. The molecule has 0 saturated heterocycles. The number of halogens is 6. The van der Waals surface area contributed by atoms with Crippen LogP contribution < -0.4 is 0 Å². The Bertz CT molecular complexity index is 232. The maximum Gasteiger partial charge on any atom is 0.428 e. The topological polar surface area (TPSA) is 69.6 Å². The van der Waals surface area contributed by atoms with Gasteiger partial charge in [0.1, 0.15) is 6.61 Å². The van der Waals surface area contributed by atoms with Gasteiger partial charge in [-0.3, -0.25) is 4.18 Å². The number of aliphatic hydroxyl groups is 1. The quantitative estimate of drug-likeness (QED) is 0.598. The summed E-state index contributed by atoms with van der Waals surface area (Å²) in [7, 11) is 0. The standard InChI is InChI=1S/C4H4F6O4S/c5-3(6,7)2(11,4(8,9)10)1-14-15(12)13/h11H,1H2,(H,12,13)/p-1. The van der Waals surface area contributed by atoms with Gasteiger partial charge in [0.2, 0.25) is 0 Å². The molecule has 0 amide bonds. The van der Waals surface area contributed by atoms with E-state index in [4.69, 9.17) is 5.11 Å². The third-order valence-corrected chi connectivity index (χ3v) is 1.61. The van der Waals surface area contributed by atoms with Crippen molar-refractivity contribution in [3.8, 4) is 0 Å². The van der Waals surface area contributed by atoms with Crippen LogP contribution in [-0.4, -0.2) is 38.4 Å². The largest absolute Gasteiger partial charge is 0.750 e. The third kappa shape index (κ3) is 3.29. The van der Waals surface area contributed by atoms with Gasteiger partial charge in [0.15, 0.2) is 0 Å². The number of rotatable bonds is 3. The van der Waals surface area contributed by atoms with Gasteiger partial charge < -0.3 is 9.66 Å². The van der Waals surface area contributed by atoms with Crippen molar-refractivity contribution in [3.63, 3.8) is 0 Å². The summed E-state index contributed by atoms with van der Waals surface area (Å²) >= 11 is -3.59. The minimum Gasteiger partial charge on any atom is -0.750 e. The molecule has 0 radical (unpaired) electrons. The van der Waals surface area contributed by atoms with E-state index in [1.807, 2.05) is 0 Å². The van der Waals surface area contributed by atoms with Crippen LogP contribution >= 0.6 is 0 Å². The average Bonchev–Trinajstić information content (AvgIpc) is 1.95. The third-order valence-electron chi connectivity index (χ3n) is 1.30. The summed E-state index contributed by atoms with van der Waals surface area (Å²) in [6.07, 6.45) is -12.2. The highest BCUT2D eigenvalue weighted by Gasteiger charge is 2.70. The summed E-state index contributed by atoms with van der Waals surface area (Å²) in [5.41, 5.74) is -5.21. The molecule has 1 unspecified atom stereocenters. The number of alkyl halides is 6. The Hall–Kier alpha value is -0.390. The van der Waals surface area contributed by atoms with Crippen LogP contribution in [0.2, 0.25) is 0 Å². The molecule has 0 aromatic carbocycles. The molecule has 0 saturated carbocycles. The summed E-state index contributed by atoms with van der Waals surface area (Å²) in [5.74, 6) is 0. The van der Waals surface area contributed by atoms with Crippen molar-refractivity contribution in [2.75, 3.05) is 6.61 Å². The normalized spacial score (nSPS) is 16.5. The molecular weight excluding hydrogens is 258 g/mol. The van der Waals surface area contributed by atoms with Crippen molar-refractivity contribution in [1.82, 2.24) is 0 Å². The fourth-order valence-corrected chi connectivity index (χ4v) is 0.725. The molecule has 0 rings (SSSR count). The van der Waals surface area contributed by atoms with Crippen LogP contribution in [0.3, 0.4) is 0 Å². The predicted octanol–water partition coefficient (Wildman–Crippen LogP) is 0.653. The summed E-state index contributed by atoms with van der Waals surface area (Å²) in [5, 5.41) is 8.28. The van der Waals surface area contributed by atoms with E-state index in [-0.39, 0.29) is 0 Å². The molecule has 0 bridgehead atoms. The minimum atomic E-state index is -6.09. The van der Waals surface area contributed by atoms with Crippen LogP contribution in [-0.2, 0) is 15.5 Å². The minimum absolute atomic E-state index is 2.48. The van der Waals surface area contributed by atoms with E-state index in [0.717, 1.165) is 0 Å². The SMILES string of the molecule is O=S([O-])OCC(O)(C(F)(F)F)C(F)(F)F. The first-order chi connectivity index (χ1) is 6.42. The Balaban J connectivity index is 4.98. The van der Waals surface area contributed by atoms with Crippen LogP contribution in [0, 0.1) is 0 Å². The number of hydrogen-bond donors (Lipinski definition) is 1. The maximum atomic E-state index is 11.8. The van der Waals surface area contributed by atoms with E-state index in [9.17, 15) is 35.1 Å². The van der Waals surface area contributed by atoms with Gasteiger partial charge in [-0.2, -0.15) is 26.3 Å². The first kappa shape index (κ1) is 14.6. The lowest BCUT2D eigenvalue weighted by atomic mass is 10.1. The summed E-state index contributed by atoms with van der Waals surface area (Å²) in [6, 6.07) is 0. The van der Waals surface area contributed by atoms with Gasteiger partial charge in [0, 0.05) is 0 Å².